The predicted octanol–water partition coefficient (Wildman–Crippen LogP) is 24.3. The van der Waals surface area contributed by atoms with Crippen molar-refractivity contribution >= 4 is 35.8 Å². The molecule has 6 rings (SSSR count). The van der Waals surface area contributed by atoms with Crippen LogP contribution in [0.2, 0.25) is 0 Å². The van der Waals surface area contributed by atoms with Crippen LogP contribution in [0.15, 0.2) is 0 Å². The Kier molecular flexibility index (Phi) is 35.8. The Balaban J connectivity index is 0.000000583. The van der Waals surface area contributed by atoms with Crippen molar-refractivity contribution in [2.45, 2.75) is 453 Å². The lowest BCUT2D eigenvalue weighted by Crippen LogP contribution is -2.48. The lowest BCUT2D eigenvalue weighted by molar-refractivity contribution is -0.185. The zero-order valence-electron chi connectivity index (χ0n) is 69.4. The van der Waals surface area contributed by atoms with Crippen molar-refractivity contribution < 1.29 is 57.2 Å². The molecule has 6 aliphatic carbocycles. The molecule has 97 heavy (non-hydrogen) atoms. The molecule has 12 heteroatoms. The normalized spacial score (nSPS) is 20.2. The van der Waals surface area contributed by atoms with Crippen molar-refractivity contribution in [3.05, 3.63) is 0 Å². The highest BCUT2D eigenvalue weighted by Gasteiger charge is 2.52. The second-order valence-corrected chi connectivity index (χ2v) is 37.5. The second-order valence-electron chi connectivity index (χ2n) is 37.5. The number of carbonyl (C=O) groups excluding carboxylic acids is 6. The van der Waals surface area contributed by atoms with E-state index < -0.39 is 0 Å². The Morgan fingerprint density at radius 1 is 0.309 bits per heavy atom. The highest BCUT2D eigenvalue weighted by molar-refractivity contribution is 5.78. The fraction of sp³-hybridized carbons (Fsp3) is 0.929. The topological polar surface area (TPSA) is 158 Å². The van der Waals surface area contributed by atoms with E-state index in [0.717, 1.165) is 135 Å². The average molecular weight is 1370 g/mol. The van der Waals surface area contributed by atoms with E-state index in [1.807, 2.05) is 125 Å². The molecule has 12 nitrogen and oxygen atoms in total. The molecule has 0 radical (unpaired) electrons. The van der Waals surface area contributed by atoms with Crippen molar-refractivity contribution in [3.8, 4) is 0 Å². The predicted molar refractivity (Wildman–Crippen MR) is 402 cm³/mol. The van der Waals surface area contributed by atoms with Crippen LogP contribution in [0.1, 0.15) is 420 Å². The minimum atomic E-state index is -0.362. The van der Waals surface area contributed by atoms with Crippen LogP contribution in [0.5, 0.6) is 0 Å². The van der Waals surface area contributed by atoms with Gasteiger partial charge in [-0.05, 0) is 314 Å². The minimum Gasteiger partial charge on any atom is -0.459 e. The first-order valence-electron chi connectivity index (χ1n) is 39.8. The third-order valence-electron chi connectivity index (χ3n) is 25.4. The molecule has 6 fully saturated rings. The summed E-state index contributed by atoms with van der Waals surface area (Å²) in [5.41, 5.74) is -3.07. The van der Waals surface area contributed by atoms with Gasteiger partial charge in [-0.2, -0.15) is 0 Å². The van der Waals surface area contributed by atoms with Crippen LogP contribution in [0.25, 0.3) is 0 Å². The Hall–Kier alpha value is -3.18. The molecule has 0 aliphatic heterocycles. The van der Waals surface area contributed by atoms with E-state index in [1.54, 1.807) is 0 Å². The summed E-state index contributed by atoms with van der Waals surface area (Å²) in [5.74, 6) is 0.869. The zero-order valence-corrected chi connectivity index (χ0v) is 69.4. The Morgan fingerprint density at radius 3 is 0.866 bits per heavy atom. The Morgan fingerprint density at radius 2 is 0.567 bits per heavy atom. The molecular formula is C85H158O12. The third kappa shape index (κ3) is 26.5. The quantitative estimate of drug-likeness (QED) is 0.0666. The molecule has 0 heterocycles. The van der Waals surface area contributed by atoms with Gasteiger partial charge in [-0.1, -0.05) is 118 Å². The lowest BCUT2D eigenvalue weighted by Gasteiger charge is -2.44. The van der Waals surface area contributed by atoms with Gasteiger partial charge in [0, 0.05) is 10.8 Å². The molecule has 0 aromatic rings. The van der Waals surface area contributed by atoms with Gasteiger partial charge in [0.05, 0.1) is 32.5 Å². The summed E-state index contributed by atoms with van der Waals surface area (Å²) in [7, 11) is 0. The van der Waals surface area contributed by atoms with Crippen LogP contribution < -0.4 is 0 Å². The van der Waals surface area contributed by atoms with Crippen LogP contribution in [0, 0.1) is 55.2 Å². The van der Waals surface area contributed by atoms with Gasteiger partial charge in [-0.15, -0.1) is 0 Å². The molecule has 6 saturated carbocycles. The molecule has 0 saturated heterocycles. The molecule has 0 spiro atoms. The first-order chi connectivity index (χ1) is 44.4. The first kappa shape index (κ1) is 91.8. The second kappa shape index (κ2) is 37.8. The summed E-state index contributed by atoms with van der Waals surface area (Å²) in [4.78, 5) is 72.9. The molecule has 0 aromatic heterocycles. The molecule has 570 valence electrons. The number of hydrogen-bond donors (Lipinski definition) is 0. The van der Waals surface area contributed by atoms with Gasteiger partial charge in [-0.3, -0.25) is 28.8 Å². The van der Waals surface area contributed by atoms with Crippen molar-refractivity contribution in [2.75, 3.05) is 0 Å². The third-order valence-corrected chi connectivity index (χ3v) is 25.4. The summed E-state index contributed by atoms with van der Waals surface area (Å²) in [6.45, 7) is 62.0. The highest BCUT2D eigenvalue weighted by atomic mass is 16.6. The molecule has 6 aliphatic rings. The van der Waals surface area contributed by atoms with Crippen LogP contribution in [0.3, 0.4) is 0 Å². The summed E-state index contributed by atoms with van der Waals surface area (Å²) in [5, 5.41) is 0. The van der Waals surface area contributed by atoms with Gasteiger partial charge in [-0.25, -0.2) is 0 Å². The SMILES string of the molecule is CCC(C)(C)C(=O)OC1(C(C)(C)C)CCCC1.CCC(C)(C)C(=O)OC1(C(C)(C)CC)CCCC1.CCC(C)(C)C(=O)OC1(C(C)C)CCCC1.CCC(C)(C)C(=O)OC1(C)CCCC1.CCC(C)(C)C(=O)OC1(CC(C)C)CCCC1.CCC1(OC(=O)C(C)(C)CC)CCCC1. The molecular weight excluding hydrogens is 1210 g/mol. The number of carbonyl (C=O) groups is 6. The van der Waals surface area contributed by atoms with Crippen LogP contribution in [0.4, 0.5) is 0 Å². The van der Waals surface area contributed by atoms with Gasteiger partial charge < -0.3 is 28.4 Å². The number of hydrogen-bond acceptors (Lipinski definition) is 12. The smallest absolute Gasteiger partial charge is 0.312 e. The Labute approximate surface area is 598 Å². The lowest BCUT2D eigenvalue weighted by atomic mass is 9.71. The summed E-state index contributed by atoms with van der Waals surface area (Å²) < 4.78 is 35.2. The van der Waals surface area contributed by atoms with Gasteiger partial charge in [0.25, 0.3) is 0 Å². The number of esters is 6. The molecule has 0 aromatic carbocycles. The molecule has 0 atom stereocenters. The molecule has 0 unspecified atom stereocenters. The van der Waals surface area contributed by atoms with E-state index in [9.17, 15) is 28.8 Å². The van der Waals surface area contributed by atoms with E-state index >= 15 is 0 Å². The van der Waals surface area contributed by atoms with E-state index in [4.69, 9.17) is 28.4 Å². The molecule has 0 bridgehead atoms. The van der Waals surface area contributed by atoms with Crippen molar-refractivity contribution in [1.29, 1.82) is 0 Å². The number of ether oxygens (including phenoxy) is 6. The van der Waals surface area contributed by atoms with Crippen LogP contribution >= 0.6 is 0 Å². The highest BCUT2D eigenvalue weighted by Crippen LogP contribution is 2.51. The maximum Gasteiger partial charge on any atom is 0.312 e. The standard InChI is InChI=1S/C16H30O2.2C15H28O2.C14H26O2.C13H24O2.C12H22O2/c1-7-14(3,4)13(17)18-16(11-9-10-12-16)15(5,6)8-2;1-7-14(5,6)12(16)17-15(13(2,3)4)10-8-9-11-15;1-6-14(4,5)13(16)17-15(11-12(2)3)9-7-8-10-15;1-6-13(4,5)12(15)16-14(11(2)3)9-7-8-10-14;1-5-12(3,4)11(14)15-13(6-2)9-7-8-10-13;1-5-11(2,3)10(13)14-12(4)8-6-7-9-12/h7-12H2,1-6H3;7-11H2,1-6H3;12H,6-11H2,1-5H3;11H,6-10H2,1-5H3;5-10H2,1-4H3;5-9H2,1-4H3. The van der Waals surface area contributed by atoms with E-state index in [0.29, 0.717) is 11.8 Å². The Bertz CT molecular complexity index is 2370. The summed E-state index contributed by atoms with van der Waals surface area (Å²) in [6, 6.07) is 0. The van der Waals surface area contributed by atoms with Gasteiger partial charge in [0.15, 0.2) is 0 Å². The number of rotatable bonds is 24. The van der Waals surface area contributed by atoms with Crippen molar-refractivity contribution in [3.63, 3.8) is 0 Å². The van der Waals surface area contributed by atoms with Crippen LogP contribution in [-0.2, 0) is 57.2 Å². The molecule has 0 amide bonds. The maximum atomic E-state index is 12.4. The monoisotopic (exact) mass is 1370 g/mol. The van der Waals surface area contributed by atoms with E-state index in [-0.39, 0.29) is 113 Å². The van der Waals surface area contributed by atoms with Gasteiger partial charge in [0.1, 0.15) is 33.6 Å². The van der Waals surface area contributed by atoms with Gasteiger partial charge in [0.2, 0.25) is 0 Å². The van der Waals surface area contributed by atoms with Crippen molar-refractivity contribution in [1.82, 2.24) is 0 Å². The van der Waals surface area contributed by atoms with Crippen molar-refractivity contribution in [2.24, 2.45) is 55.2 Å². The fourth-order valence-corrected chi connectivity index (χ4v) is 13.6. The van der Waals surface area contributed by atoms with Crippen LogP contribution in [-0.4, -0.2) is 69.4 Å². The fourth-order valence-electron chi connectivity index (χ4n) is 13.6. The molecule has 0 N–H and O–H groups in total. The largest absolute Gasteiger partial charge is 0.459 e. The van der Waals surface area contributed by atoms with E-state index in [2.05, 4.69) is 83.1 Å². The summed E-state index contributed by atoms with van der Waals surface area (Å²) >= 11 is 0. The first-order valence-corrected chi connectivity index (χ1v) is 39.8. The van der Waals surface area contributed by atoms with Gasteiger partial charge >= 0.3 is 35.8 Å². The van der Waals surface area contributed by atoms with E-state index in [1.165, 1.54) is 77.0 Å². The minimum absolute atomic E-state index is 0.0115. The average Bonchev–Trinajstić information content (AvgIpc) is 1.74. The zero-order chi connectivity index (χ0) is 75.2. The maximum absolute atomic E-state index is 12.4. The summed E-state index contributed by atoms with van der Waals surface area (Å²) in [6.07, 6.45) is 34.7.